The molecule has 4 aliphatic carbocycles. The molecule has 2 N–H and O–H groups in total. The van der Waals surface area contributed by atoms with E-state index < -0.39 is 4.92 Å². The Morgan fingerprint density at radius 2 is 1.74 bits per heavy atom. The van der Waals surface area contributed by atoms with Crippen molar-refractivity contribution in [1.29, 1.82) is 0 Å². The van der Waals surface area contributed by atoms with E-state index in [0.29, 0.717) is 21.9 Å². The molecule has 0 spiro atoms. The summed E-state index contributed by atoms with van der Waals surface area (Å²) >= 11 is 6.82. The number of hydrogen-bond acceptors (Lipinski definition) is 5. The van der Waals surface area contributed by atoms with E-state index in [2.05, 4.69) is 41.0 Å². The number of thiocarbonyl (C=S) groups is 1. The molecule has 2 aromatic carbocycles. The quantitative estimate of drug-likeness (QED) is 0.316. The van der Waals surface area contributed by atoms with Crippen molar-refractivity contribution >= 4 is 39.9 Å². The molecule has 1 amide bonds. The number of nitro benzene ring substituents is 1. The zero-order chi connectivity index (χ0) is 23.8. The number of nitrogens with zero attached hydrogens (tertiary/aromatic N) is 1. The maximum atomic E-state index is 12.9. The first kappa shape index (κ1) is 23.3. The van der Waals surface area contributed by atoms with Crippen LogP contribution in [0.4, 0.5) is 5.69 Å². The van der Waals surface area contributed by atoms with Gasteiger partial charge >= 0.3 is 0 Å². The van der Waals surface area contributed by atoms with Gasteiger partial charge < -0.3 is 10.6 Å². The van der Waals surface area contributed by atoms with E-state index >= 15 is 0 Å². The van der Waals surface area contributed by atoms with Gasteiger partial charge in [0.25, 0.3) is 5.69 Å². The third-order valence-corrected chi connectivity index (χ3v) is 9.14. The normalized spacial score (nSPS) is 28.9. The number of non-ortho nitro benzene ring substituents is 1. The van der Waals surface area contributed by atoms with Gasteiger partial charge in [0.15, 0.2) is 0 Å². The Morgan fingerprint density at radius 3 is 2.38 bits per heavy atom. The molecule has 4 bridgehead atoms. The number of hydrogen-bond donors (Lipinski definition) is 2. The molecule has 178 valence electrons. The molecule has 0 radical (unpaired) electrons. The monoisotopic (exact) mass is 495 g/mol. The molecule has 4 saturated carbocycles. The predicted octanol–water partition coefficient (Wildman–Crippen LogP) is 5.11. The lowest BCUT2D eigenvalue weighted by Gasteiger charge is -2.62. The number of thioether (sulfide) groups is 1. The van der Waals surface area contributed by atoms with Gasteiger partial charge in [-0.1, -0.05) is 66.4 Å². The summed E-state index contributed by atoms with van der Waals surface area (Å²) in [6.07, 6.45) is 6.99. The van der Waals surface area contributed by atoms with E-state index in [9.17, 15) is 14.9 Å². The van der Waals surface area contributed by atoms with Crippen LogP contribution in [0.3, 0.4) is 0 Å². The summed E-state index contributed by atoms with van der Waals surface area (Å²) in [7, 11) is 0. The van der Waals surface area contributed by atoms with Crippen LogP contribution in [0.5, 0.6) is 0 Å². The second kappa shape index (κ2) is 9.30. The Balaban J connectivity index is 1.15. The van der Waals surface area contributed by atoms with Crippen LogP contribution in [0, 0.1) is 22.0 Å². The highest BCUT2D eigenvalue weighted by molar-refractivity contribution is 8.22. The van der Waals surface area contributed by atoms with Crippen LogP contribution >= 0.6 is 24.0 Å². The second-order valence-corrected chi connectivity index (χ2v) is 11.9. The van der Waals surface area contributed by atoms with Gasteiger partial charge in [0, 0.05) is 23.4 Å². The van der Waals surface area contributed by atoms with E-state index in [4.69, 9.17) is 12.2 Å². The third-order valence-electron chi connectivity index (χ3n) is 7.76. The molecule has 2 unspecified atom stereocenters. The molecule has 4 fully saturated rings. The number of rotatable bonds is 7. The second-order valence-electron chi connectivity index (χ2n) is 10.3. The average molecular weight is 496 g/mol. The Kier molecular flexibility index (Phi) is 6.37. The fourth-order valence-electron chi connectivity index (χ4n) is 6.94. The first-order valence-electron chi connectivity index (χ1n) is 11.9. The SMILES string of the molecule is O=C(CNC(=S)SCc1ccc([N+](=O)[O-])cc1)NC12CC3CC(C1)CC(c1ccccc1)(C3)C2. The number of nitro groups is 1. The van der Waals surface area contributed by atoms with Gasteiger partial charge in [0.2, 0.25) is 5.91 Å². The molecule has 0 aliphatic heterocycles. The Labute approximate surface area is 209 Å². The zero-order valence-electron chi connectivity index (χ0n) is 19.0. The van der Waals surface area contributed by atoms with Crippen LogP contribution in [-0.4, -0.2) is 27.2 Å². The van der Waals surface area contributed by atoms with Gasteiger partial charge in [-0.3, -0.25) is 14.9 Å². The molecule has 6 rings (SSSR count). The van der Waals surface area contributed by atoms with Crippen LogP contribution in [0.1, 0.15) is 49.7 Å². The van der Waals surface area contributed by atoms with E-state index in [-0.39, 0.29) is 29.1 Å². The molecule has 8 heteroatoms. The minimum atomic E-state index is -0.410. The molecule has 34 heavy (non-hydrogen) atoms. The number of nitrogens with one attached hydrogen (secondary N) is 2. The van der Waals surface area contributed by atoms with Crippen molar-refractivity contribution in [3.8, 4) is 0 Å². The maximum Gasteiger partial charge on any atom is 0.269 e. The van der Waals surface area contributed by atoms with Gasteiger partial charge in [-0.2, -0.15) is 0 Å². The standard InChI is InChI=1S/C26H29N3O3S2/c30-23(15-27-24(33)34-16-18-6-8-22(9-7-18)29(31)32)28-26-13-19-10-20(14-26)12-25(11-19,17-26)21-4-2-1-3-5-21/h1-9,19-20H,10-17H2,(H,27,33)(H,28,30). The Hall–Kier alpha value is -2.45. The summed E-state index contributed by atoms with van der Waals surface area (Å²) < 4.78 is 0.555. The van der Waals surface area contributed by atoms with Crippen LogP contribution in [0.15, 0.2) is 54.6 Å². The number of carbonyl (C=O) groups excluding carboxylic acids is 1. The summed E-state index contributed by atoms with van der Waals surface area (Å²) in [5.74, 6) is 1.97. The highest BCUT2D eigenvalue weighted by Gasteiger charge is 2.58. The van der Waals surface area contributed by atoms with Crippen molar-refractivity contribution in [2.75, 3.05) is 6.54 Å². The molecule has 4 aliphatic rings. The Morgan fingerprint density at radius 1 is 1.06 bits per heavy atom. The lowest BCUT2D eigenvalue weighted by atomic mass is 9.45. The summed E-state index contributed by atoms with van der Waals surface area (Å²) in [6, 6.07) is 17.3. The summed E-state index contributed by atoms with van der Waals surface area (Å²) in [4.78, 5) is 23.3. The van der Waals surface area contributed by atoms with Gasteiger partial charge in [-0.25, -0.2) is 0 Å². The van der Waals surface area contributed by atoms with E-state index in [1.54, 1.807) is 12.1 Å². The lowest BCUT2D eigenvalue weighted by molar-refractivity contribution is -0.384. The minimum absolute atomic E-state index is 0.00319. The fourth-order valence-corrected chi connectivity index (χ4v) is 7.86. The van der Waals surface area contributed by atoms with E-state index in [1.807, 2.05) is 0 Å². The van der Waals surface area contributed by atoms with Crippen molar-refractivity contribution in [1.82, 2.24) is 10.6 Å². The smallest absolute Gasteiger partial charge is 0.269 e. The van der Waals surface area contributed by atoms with Crippen LogP contribution in [-0.2, 0) is 16.0 Å². The maximum absolute atomic E-state index is 12.9. The Bertz CT molecular complexity index is 1080. The highest BCUT2D eigenvalue weighted by atomic mass is 32.2. The molecule has 0 saturated heterocycles. The number of benzene rings is 2. The van der Waals surface area contributed by atoms with Gasteiger partial charge in [0.1, 0.15) is 4.32 Å². The number of carbonyl (C=O) groups is 1. The third kappa shape index (κ3) is 4.84. The predicted molar refractivity (Wildman–Crippen MR) is 139 cm³/mol. The molecular formula is C26H29N3O3S2. The molecule has 2 atom stereocenters. The van der Waals surface area contributed by atoms with Crippen molar-refractivity contribution in [2.45, 2.75) is 55.2 Å². The van der Waals surface area contributed by atoms with Gasteiger partial charge in [-0.15, -0.1) is 0 Å². The van der Waals surface area contributed by atoms with Crippen molar-refractivity contribution in [3.63, 3.8) is 0 Å². The molecule has 0 aromatic heterocycles. The minimum Gasteiger partial charge on any atom is -0.362 e. The van der Waals surface area contributed by atoms with Crippen LogP contribution < -0.4 is 10.6 Å². The van der Waals surface area contributed by atoms with E-state index in [0.717, 1.165) is 24.8 Å². The summed E-state index contributed by atoms with van der Waals surface area (Å²) in [5, 5.41) is 17.3. The summed E-state index contributed by atoms with van der Waals surface area (Å²) in [5.41, 5.74) is 2.55. The summed E-state index contributed by atoms with van der Waals surface area (Å²) in [6.45, 7) is 0.168. The lowest BCUT2D eigenvalue weighted by Crippen LogP contribution is -2.65. The van der Waals surface area contributed by atoms with Crippen LogP contribution in [0.25, 0.3) is 0 Å². The first-order valence-corrected chi connectivity index (χ1v) is 13.2. The van der Waals surface area contributed by atoms with E-state index in [1.165, 1.54) is 48.7 Å². The highest BCUT2D eigenvalue weighted by Crippen LogP contribution is 2.62. The van der Waals surface area contributed by atoms with Gasteiger partial charge in [-0.05, 0) is 66.9 Å². The number of amides is 1. The molecule has 6 nitrogen and oxygen atoms in total. The molecule has 0 heterocycles. The van der Waals surface area contributed by atoms with Gasteiger partial charge in [0.05, 0.1) is 11.5 Å². The molecular weight excluding hydrogens is 466 g/mol. The van der Waals surface area contributed by atoms with Crippen LogP contribution in [0.2, 0.25) is 0 Å². The van der Waals surface area contributed by atoms with Crippen molar-refractivity contribution in [3.05, 3.63) is 75.8 Å². The van der Waals surface area contributed by atoms with Crippen molar-refractivity contribution < 1.29 is 9.72 Å². The van der Waals surface area contributed by atoms with Crippen molar-refractivity contribution in [2.24, 2.45) is 11.8 Å². The zero-order valence-corrected chi connectivity index (χ0v) is 20.6. The molecule has 2 aromatic rings. The first-order chi connectivity index (χ1) is 16.3. The fraction of sp³-hybridized carbons (Fsp3) is 0.462. The largest absolute Gasteiger partial charge is 0.362 e. The topological polar surface area (TPSA) is 84.3 Å². The average Bonchev–Trinajstić information content (AvgIpc) is 2.81.